The van der Waals surface area contributed by atoms with Gasteiger partial charge in [0.15, 0.2) is 0 Å². The number of carbonyl (C=O) groups is 1. The van der Waals surface area contributed by atoms with Crippen molar-refractivity contribution in [3.8, 4) is 16.9 Å². The maximum absolute atomic E-state index is 11.0. The number of carboxylic acid groups (broad SMARTS) is 1. The molecule has 0 atom stereocenters. The summed E-state index contributed by atoms with van der Waals surface area (Å²) in [7, 11) is 1.63. The third-order valence-corrected chi connectivity index (χ3v) is 3.13. The first-order valence-corrected chi connectivity index (χ1v) is 6.16. The van der Waals surface area contributed by atoms with Gasteiger partial charge in [-0.25, -0.2) is 4.79 Å². The molecule has 0 saturated heterocycles. The van der Waals surface area contributed by atoms with Crippen molar-refractivity contribution < 1.29 is 14.6 Å². The molecule has 0 radical (unpaired) electrons. The van der Waals surface area contributed by atoms with Gasteiger partial charge in [0.05, 0.1) is 12.7 Å². The number of aryl methyl sites for hydroxylation is 1. The molecule has 2 aromatic carbocycles. The smallest absolute Gasteiger partial charge is 0.335 e. The number of methoxy groups -OCH3 is 1. The quantitative estimate of drug-likeness (QED) is 0.908. The lowest BCUT2D eigenvalue weighted by Crippen LogP contribution is -1.98. The number of aromatic carboxylic acids is 1. The van der Waals surface area contributed by atoms with Crippen LogP contribution in [0, 0.1) is 0 Å². The zero-order valence-corrected chi connectivity index (χ0v) is 11.0. The molecular formula is C16H16O3. The van der Waals surface area contributed by atoms with Crippen molar-refractivity contribution in [3.63, 3.8) is 0 Å². The molecule has 0 spiro atoms. The van der Waals surface area contributed by atoms with Crippen LogP contribution in [0.25, 0.3) is 11.1 Å². The molecule has 0 heterocycles. The highest BCUT2D eigenvalue weighted by atomic mass is 16.5. The second kappa shape index (κ2) is 5.57. The zero-order valence-electron chi connectivity index (χ0n) is 11.0. The predicted molar refractivity (Wildman–Crippen MR) is 74.8 cm³/mol. The highest BCUT2D eigenvalue weighted by Gasteiger charge is 2.09. The number of ether oxygens (including phenoxy) is 1. The first-order valence-electron chi connectivity index (χ1n) is 6.16. The Morgan fingerprint density at radius 2 is 1.84 bits per heavy atom. The second-order valence-electron chi connectivity index (χ2n) is 4.26. The molecule has 0 aromatic heterocycles. The standard InChI is InChI=1S/C16H16O3/c1-3-11-10-13(16(17)18)6-9-15(11)12-4-7-14(19-2)8-5-12/h4-10H,3H2,1-2H3,(H,17,18). The van der Waals surface area contributed by atoms with Gasteiger partial charge in [0.2, 0.25) is 0 Å². The number of hydrogen-bond donors (Lipinski definition) is 1. The van der Waals surface area contributed by atoms with Gasteiger partial charge in [-0.05, 0) is 47.4 Å². The summed E-state index contributed by atoms with van der Waals surface area (Å²) in [6, 6.07) is 13.0. The van der Waals surface area contributed by atoms with Gasteiger partial charge in [0.1, 0.15) is 5.75 Å². The first kappa shape index (κ1) is 13.1. The van der Waals surface area contributed by atoms with Crippen LogP contribution < -0.4 is 4.74 Å². The zero-order chi connectivity index (χ0) is 13.8. The van der Waals surface area contributed by atoms with E-state index in [0.29, 0.717) is 5.56 Å². The van der Waals surface area contributed by atoms with E-state index in [0.717, 1.165) is 28.9 Å². The van der Waals surface area contributed by atoms with Crippen molar-refractivity contribution in [3.05, 3.63) is 53.6 Å². The minimum absolute atomic E-state index is 0.328. The fourth-order valence-electron chi connectivity index (χ4n) is 2.07. The van der Waals surface area contributed by atoms with Crippen LogP contribution in [-0.4, -0.2) is 18.2 Å². The molecular weight excluding hydrogens is 240 g/mol. The van der Waals surface area contributed by atoms with Gasteiger partial charge in [0, 0.05) is 0 Å². The van der Waals surface area contributed by atoms with Crippen LogP contribution in [0.4, 0.5) is 0 Å². The van der Waals surface area contributed by atoms with Crippen molar-refractivity contribution in [2.45, 2.75) is 13.3 Å². The van der Waals surface area contributed by atoms with Crippen LogP contribution >= 0.6 is 0 Å². The van der Waals surface area contributed by atoms with Gasteiger partial charge in [0.25, 0.3) is 0 Å². The average Bonchev–Trinajstić information content (AvgIpc) is 2.46. The third-order valence-electron chi connectivity index (χ3n) is 3.13. The summed E-state index contributed by atoms with van der Waals surface area (Å²) in [4.78, 5) is 11.0. The van der Waals surface area contributed by atoms with E-state index >= 15 is 0 Å². The van der Waals surface area contributed by atoms with Crippen LogP contribution in [0.1, 0.15) is 22.8 Å². The molecule has 0 aliphatic heterocycles. The van der Waals surface area contributed by atoms with E-state index in [1.807, 2.05) is 37.3 Å². The molecule has 3 heteroatoms. The van der Waals surface area contributed by atoms with Gasteiger partial charge in [-0.3, -0.25) is 0 Å². The molecule has 2 aromatic rings. The highest BCUT2D eigenvalue weighted by molar-refractivity contribution is 5.89. The molecule has 98 valence electrons. The van der Waals surface area contributed by atoms with E-state index in [4.69, 9.17) is 9.84 Å². The molecule has 3 nitrogen and oxygen atoms in total. The van der Waals surface area contributed by atoms with Gasteiger partial charge in [-0.1, -0.05) is 25.1 Å². The van der Waals surface area contributed by atoms with Crippen molar-refractivity contribution >= 4 is 5.97 Å². The summed E-state index contributed by atoms with van der Waals surface area (Å²) < 4.78 is 5.13. The summed E-state index contributed by atoms with van der Waals surface area (Å²) in [6.07, 6.45) is 0.794. The van der Waals surface area contributed by atoms with Crippen molar-refractivity contribution in [2.24, 2.45) is 0 Å². The molecule has 19 heavy (non-hydrogen) atoms. The minimum Gasteiger partial charge on any atom is -0.497 e. The molecule has 0 saturated carbocycles. The SMILES string of the molecule is CCc1cc(C(=O)O)ccc1-c1ccc(OC)cc1. The predicted octanol–water partition coefficient (Wildman–Crippen LogP) is 3.62. The Balaban J connectivity index is 2.45. The van der Waals surface area contributed by atoms with Crippen LogP contribution in [-0.2, 0) is 6.42 Å². The Kier molecular flexibility index (Phi) is 3.85. The van der Waals surface area contributed by atoms with Crippen LogP contribution in [0.2, 0.25) is 0 Å². The molecule has 0 bridgehead atoms. The van der Waals surface area contributed by atoms with E-state index in [9.17, 15) is 4.79 Å². The number of rotatable bonds is 4. The maximum Gasteiger partial charge on any atom is 0.335 e. The Hall–Kier alpha value is -2.29. The number of hydrogen-bond acceptors (Lipinski definition) is 2. The van der Waals surface area contributed by atoms with E-state index in [1.165, 1.54) is 0 Å². The molecule has 0 aliphatic rings. The summed E-state index contributed by atoms with van der Waals surface area (Å²) >= 11 is 0. The fraction of sp³-hybridized carbons (Fsp3) is 0.188. The van der Waals surface area contributed by atoms with E-state index in [-0.39, 0.29) is 0 Å². The number of carboxylic acids is 1. The van der Waals surface area contributed by atoms with Crippen LogP contribution in [0.15, 0.2) is 42.5 Å². The average molecular weight is 256 g/mol. The van der Waals surface area contributed by atoms with Crippen molar-refractivity contribution in [1.82, 2.24) is 0 Å². The summed E-state index contributed by atoms with van der Waals surface area (Å²) in [5.74, 6) is -0.0834. The maximum atomic E-state index is 11.0. The monoisotopic (exact) mass is 256 g/mol. The van der Waals surface area contributed by atoms with Gasteiger partial charge >= 0.3 is 5.97 Å². The van der Waals surface area contributed by atoms with E-state index in [2.05, 4.69) is 0 Å². The van der Waals surface area contributed by atoms with E-state index < -0.39 is 5.97 Å². The van der Waals surface area contributed by atoms with Gasteiger partial charge in [-0.2, -0.15) is 0 Å². The van der Waals surface area contributed by atoms with Crippen LogP contribution in [0.5, 0.6) is 5.75 Å². The molecule has 0 fully saturated rings. The summed E-state index contributed by atoms with van der Waals surface area (Å²) in [6.45, 7) is 2.02. The minimum atomic E-state index is -0.893. The summed E-state index contributed by atoms with van der Waals surface area (Å²) in [5.41, 5.74) is 3.49. The molecule has 2 rings (SSSR count). The largest absolute Gasteiger partial charge is 0.497 e. The first-order chi connectivity index (χ1) is 9.15. The fourth-order valence-corrected chi connectivity index (χ4v) is 2.07. The lowest BCUT2D eigenvalue weighted by atomic mass is 9.96. The Bertz CT molecular complexity index is 585. The second-order valence-corrected chi connectivity index (χ2v) is 4.26. The third kappa shape index (κ3) is 2.76. The molecule has 0 amide bonds. The molecule has 1 N–H and O–H groups in total. The number of benzene rings is 2. The van der Waals surface area contributed by atoms with Crippen molar-refractivity contribution in [2.75, 3.05) is 7.11 Å². The molecule has 0 unspecified atom stereocenters. The van der Waals surface area contributed by atoms with Gasteiger partial charge in [-0.15, -0.1) is 0 Å². The topological polar surface area (TPSA) is 46.5 Å². The lowest BCUT2D eigenvalue weighted by molar-refractivity contribution is 0.0697. The Morgan fingerprint density at radius 3 is 2.37 bits per heavy atom. The Morgan fingerprint density at radius 1 is 1.16 bits per heavy atom. The van der Waals surface area contributed by atoms with E-state index in [1.54, 1.807) is 19.2 Å². The normalized spacial score (nSPS) is 10.2. The van der Waals surface area contributed by atoms with Crippen molar-refractivity contribution in [1.29, 1.82) is 0 Å². The van der Waals surface area contributed by atoms with Gasteiger partial charge < -0.3 is 9.84 Å². The Labute approximate surface area is 112 Å². The highest BCUT2D eigenvalue weighted by Crippen LogP contribution is 2.27. The summed E-state index contributed by atoms with van der Waals surface area (Å²) in [5, 5.41) is 9.02. The van der Waals surface area contributed by atoms with Crippen LogP contribution in [0.3, 0.4) is 0 Å². The lowest BCUT2D eigenvalue weighted by Gasteiger charge is -2.10. The molecule has 0 aliphatic carbocycles.